The third kappa shape index (κ3) is 4.03. The van der Waals surface area contributed by atoms with Gasteiger partial charge < -0.3 is 18.9 Å². The first-order valence-corrected chi connectivity index (χ1v) is 10.9. The van der Waals surface area contributed by atoms with Crippen molar-refractivity contribution >= 4 is 22.6 Å². The fourth-order valence-electron chi connectivity index (χ4n) is 4.60. The number of ether oxygens (including phenoxy) is 2. The molecular weight excluding hydrogens is 392 g/mol. The molecule has 5 rings (SSSR count). The van der Waals surface area contributed by atoms with Gasteiger partial charge >= 0.3 is 0 Å². The average molecular weight is 421 g/mol. The molecule has 31 heavy (non-hydrogen) atoms. The van der Waals surface area contributed by atoms with Crippen LogP contribution in [0.1, 0.15) is 18.2 Å². The molecule has 2 saturated heterocycles. The minimum absolute atomic E-state index is 0.0756. The summed E-state index contributed by atoms with van der Waals surface area (Å²) >= 11 is 0. The van der Waals surface area contributed by atoms with Crippen molar-refractivity contribution in [3.63, 3.8) is 0 Å². The Kier molecular flexibility index (Phi) is 5.61. The number of carbonyl (C=O) groups excluding carboxylic acids is 1. The van der Waals surface area contributed by atoms with Crippen LogP contribution in [0.15, 0.2) is 48.5 Å². The zero-order chi connectivity index (χ0) is 21.2. The Morgan fingerprint density at radius 2 is 1.84 bits per heavy atom. The third-order valence-electron chi connectivity index (χ3n) is 6.30. The van der Waals surface area contributed by atoms with Crippen molar-refractivity contribution in [3.8, 4) is 5.75 Å². The summed E-state index contributed by atoms with van der Waals surface area (Å²) in [5.74, 6) is 2.02. The van der Waals surface area contributed by atoms with Crippen molar-refractivity contribution in [3.05, 3.63) is 54.4 Å². The second kappa shape index (κ2) is 8.69. The number of aromatic nitrogens is 2. The number of hydrogen-bond donors (Lipinski definition) is 0. The van der Waals surface area contributed by atoms with E-state index >= 15 is 0 Å². The molecule has 2 fully saturated rings. The summed E-state index contributed by atoms with van der Waals surface area (Å²) in [5, 5.41) is 0. The normalized spacial score (nSPS) is 20.0. The van der Waals surface area contributed by atoms with Crippen molar-refractivity contribution < 1.29 is 14.3 Å². The van der Waals surface area contributed by atoms with Gasteiger partial charge in [0, 0.05) is 50.7 Å². The number of anilines is 1. The number of morpholine rings is 1. The molecule has 0 aliphatic carbocycles. The van der Waals surface area contributed by atoms with Crippen LogP contribution in [0.5, 0.6) is 5.75 Å². The highest BCUT2D eigenvalue weighted by Gasteiger charge is 2.35. The summed E-state index contributed by atoms with van der Waals surface area (Å²) in [6.45, 7) is 6.00. The molecule has 3 aromatic rings. The van der Waals surface area contributed by atoms with Gasteiger partial charge in [0.05, 0.1) is 31.4 Å². The molecule has 2 aromatic carbocycles. The van der Waals surface area contributed by atoms with E-state index < -0.39 is 0 Å². The molecule has 1 aromatic heterocycles. The maximum absolute atomic E-state index is 12.9. The number of para-hydroxylation sites is 2. The van der Waals surface area contributed by atoms with E-state index in [1.54, 1.807) is 7.11 Å². The monoisotopic (exact) mass is 420 g/mol. The number of rotatable bonds is 6. The predicted molar refractivity (Wildman–Crippen MR) is 120 cm³/mol. The minimum atomic E-state index is 0.0756. The maximum atomic E-state index is 12.9. The van der Waals surface area contributed by atoms with Crippen molar-refractivity contribution in [2.24, 2.45) is 0 Å². The molecule has 7 heteroatoms. The number of nitrogens with zero attached hydrogens (tertiary/aromatic N) is 4. The van der Waals surface area contributed by atoms with Gasteiger partial charge in [0.25, 0.3) is 0 Å². The lowest BCUT2D eigenvalue weighted by Gasteiger charge is -2.27. The van der Waals surface area contributed by atoms with Crippen LogP contribution in [-0.4, -0.2) is 66.9 Å². The van der Waals surface area contributed by atoms with Crippen LogP contribution in [-0.2, 0) is 16.1 Å². The smallest absolute Gasteiger partial charge is 0.227 e. The summed E-state index contributed by atoms with van der Waals surface area (Å²) < 4.78 is 13.0. The molecule has 1 amide bonds. The molecule has 0 N–H and O–H groups in total. The highest BCUT2D eigenvalue weighted by Crippen LogP contribution is 2.33. The van der Waals surface area contributed by atoms with Crippen LogP contribution in [0, 0.1) is 0 Å². The Hall–Kier alpha value is -2.90. The fourth-order valence-corrected chi connectivity index (χ4v) is 4.60. The Morgan fingerprint density at radius 1 is 1.06 bits per heavy atom. The van der Waals surface area contributed by atoms with Gasteiger partial charge in [0.1, 0.15) is 11.6 Å². The molecule has 0 bridgehead atoms. The summed E-state index contributed by atoms with van der Waals surface area (Å²) in [7, 11) is 1.65. The molecule has 0 saturated carbocycles. The number of fused-ring (bicyclic) bond motifs is 1. The van der Waals surface area contributed by atoms with Gasteiger partial charge in [-0.3, -0.25) is 9.69 Å². The fraction of sp³-hybridized carbons (Fsp3) is 0.417. The second-order valence-corrected chi connectivity index (χ2v) is 8.17. The van der Waals surface area contributed by atoms with Crippen molar-refractivity contribution in [1.82, 2.24) is 14.5 Å². The van der Waals surface area contributed by atoms with E-state index in [-0.39, 0.29) is 11.8 Å². The first-order valence-electron chi connectivity index (χ1n) is 10.9. The summed E-state index contributed by atoms with van der Waals surface area (Å²) in [4.78, 5) is 22.2. The van der Waals surface area contributed by atoms with Crippen LogP contribution >= 0.6 is 0 Å². The van der Waals surface area contributed by atoms with Crippen LogP contribution in [0.25, 0.3) is 11.0 Å². The van der Waals surface area contributed by atoms with Crippen LogP contribution in [0.2, 0.25) is 0 Å². The van der Waals surface area contributed by atoms with Gasteiger partial charge in [-0.2, -0.15) is 0 Å². The summed E-state index contributed by atoms with van der Waals surface area (Å²) in [6, 6.07) is 15.9. The molecule has 162 valence electrons. The summed E-state index contributed by atoms with van der Waals surface area (Å²) in [6.07, 6.45) is 0.479. The zero-order valence-corrected chi connectivity index (χ0v) is 17.9. The SMILES string of the molecule is COc1ccc(N2C[C@H](c3nc4ccccc4n3CCN3CCOCC3)CC2=O)cc1. The van der Waals surface area contributed by atoms with Crippen molar-refractivity contribution in [2.75, 3.05) is 51.4 Å². The van der Waals surface area contributed by atoms with E-state index in [1.165, 1.54) is 0 Å². The molecule has 0 radical (unpaired) electrons. The van der Waals surface area contributed by atoms with Crippen LogP contribution in [0.3, 0.4) is 0 Å². The van der Waals surface area contributed by atoms with E-state index in [9.17, 15) is 4.79 Å². The molecular formula is C24H28N4O3. The zero-order valence-electron chi connectivity index (χ0n) is 17.9. The number of amides is 1. The van der Waals surface area contributed by atoms with E-state index in [0.29, 0.717) is 13.0 Å². The topological polar surface area (TPSA) is 59.8 Å². The average Bonchev–Trinajstić information content (AvgIpc) is 3.39. The number of carbonyl (C=O) groups is 1. The van der Waals surface area contributed by atoms with Gasteiger partial charge in [-0.25, -0.2) is 4.98 Å². The first-order chi connectivity index (χ1) is 15.2. The van der Waals surface area contributed by atoms with Gasteiger partial charge in [-0.1, -0.05) is 12.1 Å². The van der Waals surface area contributed by atoms with Crippen molar-refractivity contribution in [2.45, 2.75) is 18.9 Å². The Labute approximate surface area is 182 Å². The number of methoxy groups -OCH3 is 1. The van der Waals surface area contributed by atoms with E-state index in [4.69, 9.17) is 14.5 Å². The lowest BCUT2D eigenvalue weighted by Crippen LogP contribution is -2.38. The molecule has 0 unspecified atom stereocenters. The number of imidazole rings is 1. The van der Waals surface area contributed by atoms with Crippen LogP contribution < -0.4 is 9.64 Å². The van der Waals surface area contributed by atoms with Gasteiger partial charge in [-0.15, -0.1) is 0 Å². The molecule has 3 heterocycles. The number of hydrogen-bond acceptors (Lipinski definition) is 5. The van der Waals surface area contributed by atoms with E-state index in [2.05, 4.69) is 27.7 Å². The molecule has 2 aliphatic heterocycles. The summed E-state index contributed by atoms with van der Waals surface area (Å²) in [5.41, 5.74) is 3.04. The maximum Gasteiger partial charge on any atom is 0.227 e. The molecule has 1 atom stereocenters. The van der Waals surface area contributed by atoms with Gasteiger partial charge in [-0.05, 0) is 36.4 Å². The third-order valence-corrected chi connectivity index (χ3v) is 6.30. The largest absolute Gasteiger partial charge is 0.497 e. The van der Waals surface area contributed by atoms with Crippen LogP contribution in [0.4, 0.5) is 5.69 Å². The minimum Gasteiger partial charge on any atom is -0.497 e. The highest BCUT2D eigenvalue weighted by atomic mass is 16.5. The lowest BCUT2D eigenvalue weighted by atomic mass is 10.1. The quantitative estimate of drug-likeness (QED) is 0.614. The van der Waals surface area contributed by atoms with Crippen molar-refractivity contribution in [1.29, 1.82) is 0 Å². The lowest BCUT2D eigenvalue weighted by molar-refractivity contribution is -0.117. The highest BCUT2D eigenvalue weighted by molar-refractivity contribution is 5.96. The molecule has 0 spiro atoms. The van der Waals surface area contributed by atoms with Gasteiger partial charge in [0.2, 0.25) is 5.91 Å². The Balaban J connectivity index is 1.40. The second-order valence-electron chi connectivity index (χ2n) is 8.17. The predicted octanol–water partition coefficient (Wildman–Crippen LogP) is 2.90. The molecule has 2 aliphatic rings. The van der Waals surface area contributed by atoms with E-state index in [1.807, 2.05) is 35.2 Å². The van der Waals surface area contributed by atoms with E-state index in [0.717, 1.165) is 67.7 Å². The first kappa shape index (κ1) is 20.0. The molecule has 7 nitrogen and oxygen atoms in total. The standard InChI is InChI=1S/C24H28N4O3/c1-30-20-8-6-19(7-9-20)28-17-18(16-23(28)29)24-25-21-4-2-3-5-22(21)27(24)11-10-26-12-14-31-15-13-26/h2-9,18H,10-17H2,1H3/t18-/m1/s1. The number of benzene rings is 2. The van der Waals surface area contributed by atoms with Gasteiger partial charge in [0.15, 0.2) is 0 Å². The Bertz CT molecular complexity index is 1060. The Morgan fingerprint density at radius 3 is 2.61 bits per heavy atom.